The number of nitrogens with one attached hydrogen (secondary N) is 1. The molecule has 18 heavy (non-hydrogen) atoms. The van der Waals surface area contributed by atoms with Gasteiger partial charge in [-0.25, -0.2) is 0 Å². The summed E-state index contributed by atoms with van der Waals surface area (Å²) in [5.74, 6) is 0. The Hall–Kier alpha value is -1.74. The molecule has 0 amide bonds. The fraction of sp³-hybridized carbons (Fsp3) is 0.333. The smallest absolute Gasteiger partial charge is 0.0759 e. The van der Waals surface area contributed by atoms with Gasteiger partial charge in [-0.3, -0.25) is 9.97 Å². The molecular weight excluding hydrogens is 222 g/mol. The summed E-state index contributed by atoms with van der Waals surface area (Å²) in [6, 6.07) is 8.88. The van der Waals surface area contributed by atoms with E-state index in [1.165, 1.54) is 11.1 Å². The number of rotatable bonds is 5. The Kier molecular flexibility index (Phi) is 4.42. The number of hydrogen-bond donors (Lipinski definition) is 1. The lowest BCUT2D eigenvalue weighted by atomic mass is 10.0. The van der Waals surface area contributed by atoms with Crippen molar-refractivity contribution >= 4 is 0 Å². The van der Waals surface area contributed by atoms with Crippen molar-refractivity contribution in [1.82, 2.24) is 15.3 Å². The molecule has 1 aromatic heterocycles. The summed E-state index contributed by atoms with van der Waals surface area (Å²) >= 11 is 0. The summed E-state index contributed by atoms with van der Waals surface area (Å²) in [6.45, 7) is 5.14. The quantitative estimate of drug-likeness (QED) is 0.874. The van der Waals surface area contributed by atoms with Crippen LogP contribution in [-0.2, 0) is 6.42 Å². The first-order chi connectivity index (χ1) is 8.79. The van der Waals surface area contributed by atoms with Gasteiger partial charge in [-0.05, 0) is 25.5 Å². The van der Waals surface area contributed by atoms with E-state index in [1.54, 1.807) is 12.4 Å². The first kappa shape index (κ1) is 12.7. The van der Waals surface area contributed by atoms with Crippen LogP contribution in [-0.4, -0.2) is 16.5 Å². The Morgan fingerprint density at radius 2 is 1.94 bits per heavy atom. The zero-order valence-electron chi connectivity index (χ0n) is 10.9. The lowest BCUT2D eigenvalue weighted by molar-refractivity contribution is 0.534. The van der Waals surface area contributed by atoms with Crippen LogP contribution in [0.2, 0.25) is 0 Å². The molecule has 1 atom stereocenters. The molecule has 1 unspecified atom stereocenters. The summed E-state index contributed by atoms with van der Waals surface area (Å²) in [5.41, 5.74) is 3.61. The molecule has 0 spiro atoms. The van der Waals surface area contributed by atoms with Crippen LogP contribution in [0.4, 0.5) is 0 Å². The van der Waals surface area contributed by atoms with Gasteiger partial charge in [-0.2, -0.15) is 0 Å². The van der Waals surface area contributed by atoms with Gasteiger partial charge in [0.1, 0.15) is 0 Å². The molecule has 1 aromatic carbocycles. The van der Waals surface area contributed by atoms with E-state index in [0.717, 1.165) is 18.7 Å². The summed E-state index contributed by atoms with van der Waals surface area (Å²) in [4.78, 5) is 8.53. The highest BCUT2D eigenvalue weighted by molar-refractivity contribution is 5.23. The van der Waals surface area contributed by atoms with E-state index in [-0.39, 0.29) is 6.04 Å². The minimum Gasteiger partial charge on any atom is -0.309 e. The van der Waals surface area contributed by atoms with Crippen LogP contribution >= 0.6 is 0 Å². The van der Waals surface area contributed by atoms with Crippen LogP contribution in [0.1, 0.15) is 29.8 Å². The largest absolute Gasteiger partial charge is 0.309 e. The molecule has 0 saturated heterocycles. The van der Waals surface area contributed by atoms with Gasteiger partial charge in [0.25, 0.3) is 0 Å². The van der Waals surface area contributed by atoms with E-state index < -0.39 is 0 Å². The third kappa shape index (κ3) is 3.37. The van der Waals surface area contributed by atoms with E-state index >= 15 is 0 Å². The fourth-order valence-corrected chi connectivity index (χ4v) is 1.98. The number of benzene rings is 1. The average Bonchev–Trinajstić information content (AvgIpc) is 2.42. The van der Waals surface area contributed by atoms with Gasteiger partial charge in [0.2, 0.25) is 0 Å². The van der Waals surface area contributed by atoms with Crippen molar-refractivity contribution < 1.29 is 0 Å². The van der Waals surface area contributed by atoms with Gasteiger partial charge in [0.05, 0.1) is 11.7 Å². The van der Waals surface area contributed by atoms with Gasteiger partial charge >= 0.3 is 0 Å². The highest BCUT2D eigenvalue weighted by Gasteiger charge is 2.12. The van der Waals surface area contributed by atoms with Crippen molar-refractivity contribution in [3.05, 3.63) is 59.7 Å². The van der Waals surface area contributed by atoms with E-state index in [0.29, 0.717) is 0 Å². The Labute approximate surface area is 108 Å². The highest BCUT2D eigenvalue weighted by Crippen LogP contribution is 2.16. The highest BCUT2D eigenvalue weighted by atomic mass is 14.9. The molecule has 3 heteroatoms. The minimum atomic E-state index is 0.228. The molecule has 0 radical (unpaired) electrons. The molecular formula is C15H19N3. The molecule has 1 heterocycles. The summed E-state index contributed by atoms with van der Waals surface area (Å²) in [6.07, 6.45) is 6.22. The Morgan fingerprint density at radius 1 is 1.17 bits per heavy atom. The molecule has 2 aromatic rings. The minimum absolute atomic E-state index is 0.228. The first-order valence-corrected chi connectivity index (χ1v) is 6.34. The summed E-state index contributed by atoms with van der Waals surface area (Å²) in [7, 11) is 0. The third-order valence-corrected chi connectivity index (χ3v) is 2.95. The average molecular weight is 241 g/mol. The number of aromatic nitrogens is 2. The lowest BCUT2D eigenvalue weighted by Gasteiger charge is -2.17. The molecule has 3 nitrogen and oxygen atoms in total. The van der Waals surface area contributed by atoms with Gasteiger partial charge in [-0.15, -0.1) is 0 Å². The maximum atomic E-state index is 4.39. The molecule has 0 aliphatic heterocycles. The van der Waals surface area contributed by atoms with Gasteiger partial charge < -0.3 is 5.32 Å². The zero-order chi connectivity index (χ0) is 12.8. The second kappa shape index (κ2) is 6.26. The number of hydrogen-bond acceptors (Lipinski definition) is 3. The van der Waals surface area contributed by atoms with E-state index in [2.05, 4.69) is 53.4 Å². The van der Waals surface area contributed by atoms with Crippen LogP contribution in [0.3, 0.4) is 0 Å². The standard InChI is InChI=1S/C15H19N3/c1-3-17-14(15-11-16-8-9-18-15)10-13-6-4-12(2)5-7-13/h4-9,11,14,17H,3,10H2,1-2H3. The van der Waals surface area contributed by atoms with Crippen molar-refractivity contribution in [2.45, 2.75) is 26.3 Å². The molecule has 94 valence electrons. The number of nitrogens with zero attached hydrogens (tertiary/aromatic N) is 2. The maximum absolute atomic E-state index is 4.39. The first-order valence-electron chi connectivity index (χ1n) is 6.34. The maximum Gasteiger partial charge on any atom is 0.0759 e. The van der Waals surface area contributed by atoms with E-state index in [1.807, 2.05) is 6.20 Å². The van der Waals surface area contributed by atoms with Crippen molar-refractivity contribution in [3.63, 3.8) is 0 Å². The predicted molar refractivity (Wildman–Crippen MR) is 73.3 cm³/mol. The second-order valence-electron chi connectivity index (χ2n) is 4.43. The second-order valence-corrected chi connectivity index (χ2v) is 4.43. The fourth-order valence-electron chi connectivity index (χ4n) is 1.98. The molecule has 1 N–H and O–H groups in total. The van der Waals surface area contributed by atoms with Crippen molar-refractivity contribution in [3.8, 4) is 0 Å². The van der Waals surface area contributed by atoms with Crippen molar-refractivity contribution in [2.75, 3.05) is 6.54 Å². The van der Waals surface area contributed by atoms with Gasteiger partial charge in [0, 0.05) is 18.6 Å². The Balaban J connectivity index is 2.14. The summed E-state index contributed by atoms with van der Waals surface area (Å²) in [5, 5.41) is 3.46. The van der Waals surface area contributed by atoms with Crippen LogP contribution in [0.5, 0.6) is 0 Å². The molecule has 0 aliphatic carbocycles. The molecule has 0 aliphatic rings. The normalized spacial score (nSPS) is 12.3. The van der Waals surface area contributed by atoms with Crippen LogP contribution < -0.4 is 5.32 Å². The van der Waals surface area contributed by atoms with E-state index in [4.69, 9.17) is 0 Å². The van der Waals surface area contributed by atoms with E-state index in [9.17, 15) is 0 Å². The van der Waals surface area contributed by atoms with Crippen LogP contribution in [0, 0.1) is 6.92 Å². The predicted octanol–water partition coefficient (Wildman–Crippen LogP) is 2.68. The Morgan fingerprint density at radius 3 is 2.56 bits per heavy atom. The van der Waals surface area contributed by atoms with Gasteiger partial charge in [0.15, 0.2) is 0 Å². The lowest BCUT2D eigenvalue weighted by Crippen LogP contribution is -2.24. The molecule has 0 fully saturated rings. The molecule has 0 bridgehead atoms. The zero-order valence-corrected chi connectivity index (χ0v) is 10.9. The molecule has 2 rings (SSSR count). The van der Waals surface area contributed by atoms with Crippen molar-refractivity contribution in [1.29, 1.82) is 0 Å². The van der Waals surface area contributed by atoms with Crippen molar-refractivity contribution in [2.24, 2.45) is 0 Å². The van der Waals surface area contributed by atoms with Crippen LogP contribution in [0.25, 0.3) is 0 Å². The Bertz CT molecular complexity index is 465. The van der Waals surface area contributed by atoms with Crippen LogP contribution in [0.15, 0.2) is 42.9 Å². The SMILES string of the molecule is CCNC(Cc1ccc(C)cc1)c1cnccn1. The monoisotopic (exact) mass is 241 g/mol. The third-order valence-electron chi connectivity index (χ3n) is 2.95. The summed E-state index contributed by atoms with van der Waals surface area (Å²) < 4.78 is 0. The number of aryl methyl sites for hydroxylation is 1. The molecule has 0 saturated carbocycles. The topological polar surface area (TPSA) is 37.8 Å². The van der Waals surface area contributed by atoms with Gasteiger partial charge in [-0.1, -0.05) is 36.8 Å². The number of likely N-dealkylation sites (N-methyl/N-ethyl adjacent to an activating group) is 1.